The number of ether oxygens (including phenoxy) is 2. The summed E-state index contributed by atoms with van der Waals surface area (Å²) in [7, 11) is 0. The van der Waals surface area contributed by atoms with Gasteiger partial charge in [-0.25, -0.2) is 9.37 Å². The summed E-state index contributed by atoms with van der Waals surface area (Å²) in [6.45, 7) is 2.24. The Labute approximate surface area is 247 Å². The lowest BCUT2D eigenvalue weighted by Crippen LogP contribution is -2.43. The number of pyridine rings is 1. The maximum Gasteiger partial charge on any atom is 0.301 e. The molecule has 5 heterocycles. The van der Waals surface area contributed by atoms with E-state index in [1.165, 1.54) is 0 Å². The van der Waals surface area contributed by atoms with Gasteiger partial charge in [-0.05, 0) is 48.7 Å². The van der Waals surface area contributed by atoms with Crippen molar-refractivity contribution >= 4 is 23.2 Å². The van der Waals surface area contributed by atoms with Crippen molar-refractivity contribution in [1.29, 1.82) is 0 Å². The Balaban J connectivity index is 1.34. The largest absolute Gasteiger partial charge is 0.462 e. The zero-order chi connectivity index (χ0) is 28.8. The van der Waals surface area contributed by atoms with Crippen LogP contribution in [0.5, 0.6) is 5.75 Å². The molecule has 2 aromatic carbocycles. The van der Waals surface area contributed by atoms with E-state index in [1.807, 2.05) is 53.6 Å². The van der Waals surface area contributed by atoms with Crippen molar-refractivity contribution in [2.75, 3.05) is 32.1 Å². The highest BCUT2D eigenvalue weighted by molar-refractivity contribution is 6.33. The van der Waals surface area contributed by atoms with Gasteiger partial charge in [0.25, 0.3) is 0 Å². The number of aliphatic hydroxyl groups is 1. The summed E-state index contributed by atoms with van der Waals surface area (Å²) in [5, 5.41) is 14.9. The van der Waals surface area contributed by atoms with E-state index in [4.69, 9.17) is 31.8 Å². The van der Waals surface area contributed by atoms with Crippen LogP contribution in [0.3, 0.4) is 0 Å². The van der Waals surface area contributed by atoms with E-state index in [-0.39, 0.29) is 18.1 Å². The van der Waals surface area contributed by atoms with Crippen LogP contribution in [-0.2, 0) is 17.9 Å². The molecule has 0 radical (unpaired) electrons. The highest BCUT2D eigenvalue weighted by Gasteiger charge is 2.49. The van der Waals surface area contributed by atoms with Crippen LogP contribution in [0.4, 0.5) is 10.2 Å². The first-order chi connectivity index (χ1) is 20.4. The van der Waals surface area contributed by atoms with Crippen LogP contribution in [-0.4, -0.2) is 58.0 Å². The molecular weight excluding hydrogens is 559 g/mol. The Hall–Kier alpha value is -3.86. The topological polar surface area (TPSA) is 108 Å². The number of nitrogen functional groups attached to an aromatic ring is 1. The Morgan fingerprint density at radius 3 is 3.02 bits per heavy atom. The van der Waals surface area contributed by atoms with Gasteiger partial charge in [0, 0.05) is 30.3 Å². The molecule has 0 saturated carbocycles. The number of anilines is 1. The molecule has 4 aliphatic heterocycles. The average Bonchev–Trinajstić information content (AvgIpc) is 3.48. The lowest BCUT2D eigenvalue weighted by Gasteiger charge is -2.31. The molecule has 3 aromatic rings. The van der Waals surface area contributed by atoms with E-state index in [2.05, 4.69) is 15.2 Å². The molecule has 7 rings (SSSR count). The van der Waals surface area contributed by atoms with Crippen LogP contribution >= 0.6 is 11.6 Å². The molecule has 0 aliphatic carbocycles. The Kier molecular flexibility index (Phi) is 6.92. The van der Waals surface area contributed by atoms with Crippen LogP contribution in [0.15, 0.2) is 65.8 Å². The predicted molar refractivity (Wildman–Crippen MR) is 157 cm³/mol. The third kappa shape index (κ3) is 4.73. The van der Waals surface area contributed by atoms with E-state index in [1.54, 1.807) is 6.20 Å². The van der Waals surface area contributed by atoms with E-state index in [9.17, 15) is 9.50 Å². The molecule has 1 aromatic heterocycles. The smallest absolute Gasteiger partial charge is 0.301 e. The monoisotopic (exact) mass is 590 g/mol. The Morgan fingerprint density at radius 1 is 1.26 bits per heavy atom. The van der Waals surface area contributed by atoms with Crippen molar-refractivity contribution in [1.82, 2.24) is 20.1 Å². The zero-order valence-corrected chi connectivity index (χ0v) is 23.8. The number of benzene rings is 2. The van der Waals surface area contributed by atoms with Crippen molar-refractivity contribution in [3.8, 4) is 16.9 Å². The van der Waals surface area contributed by atoms with Gasteiger partial charge in [0.05, 0.1) is 40.5 Å². The number of fused-ring (bicyclic) bond motifs is 1. The second-order valence-electron chi connectivity index (χ2n) is 11.2. The van der Waals surface area contributed by atoms with Gasteiger partial charge >= 0.3 is 5.95 Å². The van der Waals surface area contributed by atoms with Crippen LogP contribution < -0.4 is 26.4 Å². The number of aromatic nitrogens is 1. The standard InChI is InChI=1S/C31H32ClFN6O3/c32-27-23(20-5-1-4-19(10-20)16-40)11-24-26-28(27)36-18-37-30(26)38(13-21-6-2-8-35-29(21)34)15-25(42-24)41-17-31-7-3-9-39(31)14-22(33)12-31/h1-2,4-6,8,10-11,15,22,37,40H,3,7,9,12-14,16-18H2,(H2,34,35)/t22-,31+/m1/s1. The molecule has 4 aliphatic rings. The van der Waals surface area contributed by atoms with Gasteiger partial charge in [-0.3, -0.25) is 9.89 Å². The number of nitrogens with two attached hydrogens (primary N) is 1. The minimum Gasteiger partial charge on any atom is -0.462 e. The molecule has 42 heavy (non-hydrogen) atoms. The minimum absolute atomic E-state index is 0.0857. The summed E-state index contributed by atoms with van der Waals surface area (Å²) in [6.07, 6.45) is 4.97. The van der Waals surface area contributed by atoms with Gasteiger partial charge in [0.2, 0.25) is 0 Å². The average molecular weight is 591 g/mol. The number of hydrogen-bond acceptors (Lipinski definition) is 9. The molecule has 0 spiro atoms. The number of nitrogens with one attached hydrogen (secondary N) is 1. The molecule has 0 amide bonds. The first-order valence-electron chi connectivity index (χ1n) is 14.2. The normalized spacial score (nSPS) is 22.8. The molecule has 218 valence electrons. The van der Waals surface area contributed by atoms with Crippen molar-refractivity contribution < 1.29 is 19.0 Å². The summed E-state index contributed by atoms with van der Waals surface area (Å²) in [4.78, 5) is 13.2. The van der Waals surface area contributed by atoms with Gasteiger partial charge in [-0.1, -0.05) is 35.9 Å². The first-order valence-corrected chi connectivity index (χ1v) is 14.5. The maximum absolute atomic E-state index is 14.5. The molecular formula is C31H32ClFN6O3. The van der Waals surface area contributed by atoms with Gasteiger partial charge in [-0.15, -0.1) is 0 Å². The number of halogens is 2. The lowest BCUT2D eigenvalue weighted by atomic mass is 9.95. The fourth-order valence-corrected chi connectivity index (χ4v) is 6.91. The molecule has 0 unspecified atom stereocenters. The van der Waals surface area contributed by atoms with Crippen LogP contribution in [0, 0.1) is 0 Å². The Morgan fingerprint density at radius 2 is 2.17 bits per heavy atom. The minimum atomic E-state index is -0.856. The number of aliphatic hydroxyl groups excluding tert-OH is 1. The second-order valence-corrected chi connectivity index (χ2v) is 11.6. The molecule has 2 saturated heterocycles. The first kappa shape index (κ1) is 27.0. The Bertz CT molecular complexity index is 1700. The van der Waals surface area contributed by atoms with Crippen molar-refractivity contribution in [2.24, 2.45) is 4.99 Å². The number of hydrogen-bond donors (Lipinski definition) is 3. The fraction of sp³-hybridized carbons (Fsp3) is 0.355. The highest BCUT2D eigenvalue weighted by atomic mass is 35.5. The van der Waals surface area contributed by atoms with Crippen molar-refractivity contribution in [2.45, 2.75) is 44.1 Å². The fourth-order valence-electron chi connectivity index (χ4n) is 6.59. The summed E-state index contributed by atoms with van der Waals surface area (Å²) >= 11 is 7.03. The SMILES string of the molecule is Nc1ncccc1CN1C=C(OC[C@@]23CCCN2C[C@H](F)C3)Oc2cc(-c3cccc(CO)c3)c(Cl)c3c2=C1NCN=3. The van der Waals surface area contributed by atoms with E-state index in [0.717, 1.165) is 47.5 Å². The molecule has 11 heteroatoms. The van der Waals surface area contributed by atoms with E-state index in [0.29, 0.717) is 60.0 Å². The number of rotatable bonds is 7. The van der Waals surface area contributed by atoms with Crippen molar-refractivity contribution in [3.05, 3.63) is 87.5 Å². The molecule has 4 N–H and O–H groups in total. The maximum atomic E-state index is 14.5. The third-order valence-corrected chi connectivity index (χ3v) is 9.00. The molecule has 0 bridgehead atoms. The lowest BCUT2D eigenvalue weighted by molar-refractivity contribution is 0.0266. The zero-order valence-electron chi connectivity index (χ0n) is 23.0. The summed E-state index contributed by atoms with van der Waals surface area (Å²) < 4.78 is 27.4. The van der Waals surface area contributed by atoms with Crippen LogP contribution in [0.2, 0.25) is 5.02 Å². The molecule has 2 atom stereocenters. The second kappa shape index (κ2) is 10.8. The van der Waals surface area contributed by atoms with Crippen LogP contribution in [0.1, 0.15) is 30.4 Å². The van der Waals surface area contributed by atoms with Crippen LogP contribution in [0.25, 0.3) is 16.9 Å². The summed E-state index contributed by atoms with van der Waals surface area (Å²) in [5.74, 6) is 1.98. The summed E-state index contributed by atoms with van der Waals surface area (Å²) in [6, 6.07) is 13.2. The molecule has 9 nitrogen and oxygen atoms in total. The van der Waals surface area contributed by atoms with Gasteiger partial charge in [0.1, 0.15) is 36.8 Å². The van der Waals surface area contributed by atoms with Gasteiger partial charge < -0.3 is 30.5 Å². The van der Waals surface area contributed by atoms with Gasteiger partial charge in [-0.2, -0.15) is 0 Å². The quantitative estimate of drug-likeness (QED) is 0.385. The number of alkyl halides is 1. The number of nitrogens with zero attached hydrogens (tertiary/aromatic N) is 4. The van der Waals surface area contributed by atoms with E-state index < -0.39 is 6.17 Å². The predicted octanol–water partition coefficient (Wildman–Crippen LogP) is 3.01. The third-order valence-electron chi connectivity index (χ3n) is 8.61. The van der Waals surface area contributed by atoms with E-state index >= 15 is 0 Å². The summed E-state index contributed by atoms with van der Waals surface area (Å²) in [5.41, 5.74) is 9.05. The molecule has 2 fully saturated rings. The van der Waals surface area contributed by atoms with Gasteiger partial charge in [0.15, 0.2) is 0 Å². The highest BCUT2D eigenvalue weighted by Crippen LogP contribution is 2.41. The van der Waals surface area contributed by atoms with Crippen molar-refractivity contribution in [3.63, 3.8) is 0 Å².